The highest BCUT2D eigenvalue weighted by molar-refractivity contribution is 5.99. The Hall–Kier alpha value is -3.21. The minimum absolute atomic E-state index is 0.000323. The van der Waals surface area contributed by atoms with Crippen LogP contribution >= 0.6 is 0 Å². The number of fused-ring (bicyclic) bond motifs is 1. The molecule has 1 aliphatic carbocycles. The number of nitrogens with two attached hydrogens (primary N) is 1. The number of aryl methyl sites for hydroxylation is 2. The van der Waals surface area contributed by atoms with Crippen LogP contribution in [0.3, 0.4) is 0 Å². The molecule has 1 unspecified atom stereocenters. The Balaban J connectivity index is 0.00000117. The van der Waals surface area contributed by atoms with Crippen LogP contribution in [-0.4, -0.2) is 15.8 Å². The van der Waals surface area contributed by atoms with Crippen molar-refractivity contribution in [3.8, 4) is 11.5 Å². The lowest BCUT2D eigenvalue weighted by Crippen LogP contribution is -2.23. The van der Waals surface area contributed by atoms with Gasteiger partial charge in [0, 0.05) is 12.3 Å². The lowest BCUT2D eigenvalue weighted by molar-refractivity contribution is 0.0961. The van der Waals surface area contributed by atoms with E-state index < -0.39 is 0 Å². The standard InChI is InChI=1S/C22H21N3O2.C2H6/c1-13-7-9-16(10-8-13)27-20-6-4-3-5-17(20)15-11-18-21(19(26)12-15)14(2)24-22(23)25-18;1-2/h3-10,15H,11-12H2,1-2H3,(H2,23,24,25);1-2H3. The van der Waals surface area contributed by atoms with E-state index >= 15 is 0 Å². The zero-order valence-corrected chi connectivity index (χ0v) is 17.4. The summed E-state index contributed by atoms with van der Waals surface area (Å²) < 4.78 is 6.12. The highest BCUT2D eigenvalue weighted by Crippen LogP contribution is 2.38. The van der Waals surface area contributed by atoms with Crippen molar-refractivity contribution in [1.29, 1.82) is 0 Å². The number of rotatable bonds is 3. The van der Waals surface area contributed by atoms with Gasteiger partial charge in [-0.1, -0.05) is 49.7 Å². The first-order valence-corrected chi connectivity index (χ1v) is 10.0. The highest BCUT2D eigenvalue weighted by Gasteiger charge is 2.31. The summed E-state index contributed by atoms with van der Waals surface area (Å²) in [4.78, 5) is 21.2. The van der Waals surface area contributed by atoms with Crippen LogP contribution in [0.1, 0.15) is 59.1 Å². The number of nitrogens with zero attached hydrogens (tertiary/aromatic N) is 2. The smallest absolute Gasteiger partial charge is 0.220 e. The number of carbonyl (C=O) groups excluding carboxylic acids is 1. The fraction of sp³-hybridized carbons (Fsp3) is 0.292. The molecule has 0 bridgehead atoms. The lowest BCUT2D eigenvalue weighted by atomic mass is 9.81. The van der Waals surface area contributed by atoms with Gasteiger partial charge in [-0.2, -0.15) is 0 Å². The Labute approximate surface area is 172 Å². The van der Waals surface area contributed by atoms with Crippen LogP contribution in [0.4, 0.5) is 5.95 Å². The van der Waals surface area contributed by atoms with E-state index in [1.807, 2.05) is 76.2 Å². The highest BCUT2D eigenvalue weighted by atomic mass is 16.5. The van der Waals surface area contributed by atoms with E-state index in [1.54, 1.807) is 0 Å². The minimum atomic E-state index is 0.000323. The van der Waals surface area contributed by atoms with E-state index in [4.69, 9.17) is 10.5 Å². The average Bonchev–Trinajstić information content (AvgIpc) is 2.71. The van der Waals surface area contributed by atoms with Gasteiger partial charge in [0.15, 0.2) is 5.78 Å². The average molecular weight is 389 g/mol. The van der Waals surface area contributed by atoms with Gasteiger partial charge >= 0.3 is 0 Å². The second-order valence-electron chi connectivity index (χ2n) is 6.97. The molecule has 2 N–H and O–H groups in total. The van der Waals surface area contributed by atoms with Crippen LogP contribution in [0.5, 0.6) is 11.5 Å². The molecular formula is C24H27N3O2. The molecule has 0 radical (unpaired) electrons. The number of Topliss-reactive ketones (excluding diaryl/α,β-unsaturated/α-hetero) is 1. The van der Waals surface area contributed by atoms with E-state index in [0.29, 0.717) is 24.1 Å². The topological polar surface area (TPSA) is 78.1 Å². The molecule has 0 fully saturated rings. The van der Waals surface area contributed by atoms with Gasteiger partial charge in [0.05, 0.1) is 17.0 Å². The summed E-state index contributed by atoms with van der Waals surface area (Å²) >= 11 is 0. The van der Waals surface area contributed by atoms with Gasteiger partial charge < -0.3 is 10.5 Å². The number of ether oxygens (including phenoxy) is 1. The Morgan fingerprint density at radius 3 is 2.38 bits per heavy atom. The fourth-order valence-corrected chi connectivity index (χ4v) is 3.66. The number of aromatic nitrogens is 2. The normalized spacial score (nSPS) is 15.2. The molecule has 0 spiro atoms. The van der Waals surface area contributed by atoms with Gasteiger partial charge in [0.25, 0.3) is 0 Å². The number of nitrogen functional groups attached to an aromatic ring is 1. The second kappa shape index (κ2) is 8.86. The van der Waals surface area contributed by atoms with Crippen molar-refractivity contribution in [3.63, 3.8) is 0 Å². The molecule has 150 valence electrons. The van der Waals surface area contributed by atoms with Crippen molar-refractivity contribution in [3.05, 3.63) is 76.6 Å². The monoisotopic (exact) mass is 389 g/mol. The predicted octanol–water partition coefficient (Wildman–Crippen LogP) is 5.41. The molecule has 4 rings (SSSR count). The Morgan fingerprint density at radius 2 is 1.66 bits per heavy atom. The van der Waals surface area contributed by atoms with Gasteiger partial charge in [-0.15, -0.1) is 0 Å². The molecule has 5 nitrogen and oxygen atoms in total. The third kappa shape index (κ3) is 4.45. The first-order valence-electron chi connectivity index (χ1n) is 10.0. The molecule has 1 atom stereocenters. The molecule has 29 heavy (non-hydrogen) atoms. The molecule has 0 saturated carbocycles. The maximum Gasteiger partial charge on any atom is 0.220 e. The van der Waals surface area contributed by atoms with Crippen LogP contribution in [0.25, 0.3) is 0 Å². The van der Waals surface area contributed by atoms with Crippen LogP contribution in [0.15, 0.2) is 48.5 Å². The summed E-state index contributed by atoms with van der Waals surface area (Å²) in [5.41, 5.74) is 9.99. The Morgan fingerprint density at radius 1 is 0.966 bits per heavy atom. The largest absolute Gasteiger partial charge is 0.457 e. The zero-order chi connectivity index (χ0) is 21.0. The predicted molar refractivity (Wildman–Crippen MR) is 116 cm³/mol. The van der Waals surface area contributed by atoms with Crippen molar-refractivity contribution in [2.24, 2.45) is 0 Å². The second-order valence-corrected chi connectivity index (χ2v) is 6.97. The SMILES string of the molecule is CC.Cc1ccc(Oc2ccccc2C2CC(=O)c3c(C)nc(N)nc3C2)cc1. The molecular weight excluding hydrogens is 362 g/mol. The third-order valence-electron chi connectivity index (χ3n) is 4.94. The Bertz CT molecular complexity index is 1010. The number of ketones is 1. The molecule has 3 aromatic rings. The first kappa shape index (κ1) is 20.5. The number of benzene rings is 2. The van der Waals surface area contributed by atoms with Crippen LogP contribution in [-0.2, 0) is 6.42 Å². The summed E-state index contributed by atoms with van der Waals surface area (Å²) in [5, 5.41) is 0. The molecule has 5 heteroatoms. The maximum atomic E-state index is 12.7. The quantitative estimate of drug-likeness (QED) is 0.648. The van der Waals surface area contributed by atoms with Crippen LogP contribution < -0.4 is 10.5 Å². The van der Waals surface area contributed by atoms with Crippen molar-refractivity contribution in [2.45, 2.75) is 46.5 Å². The number of hydrogen-bond acceptors (Lipinski definition) is 5. The van der Waals surface area contributed by atoms with Crippen molar-refractivity contribution < 1.29 is 9.53 Å². The van der Waals surface area contributed by atoms with E-state index in [0.717, 1.165) is 22.8 Å². The number of hydrogen-bond donors (Lipinski definition) is 1. The number of anilines is 1. The molecule has 0 aliphatic heterocycles. The van der Waals surface area contributed by atoms with Gasteiger partial charge in [0.2, 0.25) is 5.95 Å². The molecule has 2 aromatic carbocycles. The van der Waals surface area contributed by atoms with E-state index in [9.17, 15) is 4.79 Å². The summed E-state index contributed by atoms with van der Waals surface area (Å²) in [7, 11) is 0. The Kier molecular flexibility index (Phi) is 6.27. The maximum absolute atomic E-state index is 12.7. The van der Waals surface area contributed by atoms with Gasteiger partial charge in [0.1, 0.15) is 11.5 Å². The van der Waals surface area contributed by atoms with Gasteiger partial charge in [-0.25, -0.2) is 9.97 Å². The van der Waals surface area contributed by atoms with Crippen molar-refractivity contribution in [2.75, 3.05) is 5.73 Å². The fourth-order valence-electron chi connectivity index (χ4n) is 3.66. The molecule has 1 aliphatic rings. The summed E-state index contributed by atoms with van der Waals surface area (Å²) in [6.07, 6.45) is 1.05. The summed E-state index contributed by atoms with van der Waals surface area (Å²) in [6, 6.07) is 15.8. The van der Waals surface area contributed by atoms with Crippen molar-refractivity contribution in [1.82, 2.24) is 9.97 Å². The van der Waals surface area contributed by atoms with Crippen molar-refractivity contribution >= 4 is 11.7 Å². The molecule has 0 amide bonds. The van der Waals surface area contributed by atoms with Gasteiger partial charge in [-0.05, 0) is 44.0 Å². The van der Waals surface area contributed by atoms with Crippen LogP contribution in [0, 0.1) is 13.8 Å². The third-order valence-corrected chi connectivity index (χ3v) is 4.94. The molecule has 0 saturated heterocycles. The first-order chi connectivity index (χ1) is 14.0. The molecule has 1 heterocycles. The van der Waals surface area contributed by atoms with E-state index in [-0.39, 0.29) is 17.6 Å². The minimum Gasteiger partial charge on any atom is -0.457 e. The zero-order valence-electron chi connectivity index (χ0n) is 17.4. The lowest BCUT2D eigenvalue weighted by Gasteiger charge is -2.25. The molecule has 1 aromatic heterocycles. The number of para-hydroxylation sites is 1. The van der Waals surface area contributed by atoms with Gasteiger partial charge in [-0.3, -0.25) is 4.79 Å². The summed E-state index contributed by atoms with van der Waals surface area (Å²) in [6.45, 7) is 7.85. The van der Waals surface area contributed by atoms with Crippen LogP contribution in [0.2, 0.25) is 0 Å². The number of carbonyl (C=O) groups is 1. The van der Waals surface area contributed by atoms with E-state index in [2.05, 4.69) is 9.97 Å². The summed E-state index contributed by atoms with van der Waals surface area (Å²) in [5.74, 6) is 1.81. The van der Waals surface area contributed by atoms with E-state index in [1.165, 1.54) is 5.56 Å².